The Morgan fingerprint density at radius 2 is 1.84 bits per heavy atom. The molecule has 6 nitrogen and oxygen atoms in total. The van der Waals surface area contributed by atoms with E-state index in [0.717, 1.165) is 44.0 Å². The molecule has 0 bridgehead atoms. The van der Waals surface area contributed by atoms with Crippen molar-refractivity contribution in [1.29, 1.82) is 0 Å². The standard InChI is InChI=1S/C25H33N3O3S/c1-19-6-5-13-28(17-19)18-23-8-3-2-7-22(23)16-26-25(29)21-9-4-10-24(14-21)32(30,31)27-15-20-11-12-20/h2-4,7-10,14,19-20,27H,5-6,11-13,15-18H2,1H3,(H,26,29). The first kappa shape index (κ1) is 23.0. The van der Waals surface area contributed by atoms with Crippen molar-refractivity contribution in [3.05, 3.63) is 65.2 Å². The molecule has 1 unspecified atom stereocenters. The fraction of sp³-hybridized carbons (Fsp3) is 0.480. The second kappa shape index (κ2) is 10.1. The molecule has 1 aliphatic carbocycles. The Kier molecular flexibility index (Phi) is 7.28. The molecule has 2 N–H and O–H groups in total. The number of hydrogen-bond acceptors (Lipinski definition) is 4. The third kappa shape index (κ3) is 6.18. The van der Waals surface area contributed by atoms with Gasteiger partial charge in [-0.25, -0.2) is 13.1 Å². The maximum atomic E-state index is 12.8. The van der Waals surface area contributed by atoms with Crippen LogP contribution in [0.3, 0.4) is 0 Å². The first-order valence-electron chi connectivity index (χ1n) is 11.6. The molecule has 32 heavy (non-hydrogen) atoms. The van der Waals surface area contributed by atoms with Crippen molar-refractivity contribution < 1.29 is 13.2 Å². The molecule has 1 atom stereocenters. The monoisotopic (exact) mass is 455 g/mol. The van der Waals surface area contributed by atoms with Crippen molar-refractivity contribution in [2.24, 2.45) is 11.8 Å². The molecule has 1 aliphatic heterocycles. The SMILES string of the molecule is CC1CCCN(Cc2ccccc2CNC(=O)c2cccc(S(=O)(=O)NCC3CC3)c2)C1. The number of nitrogens with zero attached hydrogens (tertiary/aromatic N) is 1. The van der Waals surface area contributed by atoms with Crippen LogP contribution in [0.5, 0.6) is 0 Å². The van der Waals surface area contributed by atoms with Gasteiger partial charge in [-0.15, -0.1) is 0 Å². The summed E-state index contributed by atoms with van der Waals surface area (Å²) in [6.07, 6.45) is 4.67. The molecule has 1 saturated carbocycles. The molecule has 0 spiro atoms. The van der Waals surface area contributed by atoms with Crippen LogP contribution in [0.4, 0.5) is 0 Å². The Bertz CT molecular complexity index is 1050. The number of likely N-dealkylation sites (tertiary alicyclic amines) is 1. The summed E-state index contributed by atoms with van der Waals surface area (Å²) in [5.41, 5.74) is 2.66. The quantitative estimate of drug-likeness (QED) is 0.606. The van der Waals surface area contributed by atoms with E-state index in [2.05, 4.69) is 27.9 Å². The van der Waals surface area contributed by atoms with Gasteiger partial charge < -0.3 is 5.32 Å². The number of carbonyl (C=O) groups excluding carboxylic acids is 1. The Morgan fingerprint density at radius 3 is 2.59 bits per heavy atom. The van der Waals surface area contributed by atoms with Gasteiger partial charge >= 0.3 is 0 Å². The van der Waals surface area contributed by atoms with Crippen molar-refractivity contribution in [1.82, 2.24) is 14.9 Å². The van der Waals surface area contributed by atoms with Crippen molar-refractivity contribution in [3.63, 3.8) is 0 Å². The van der Waals surface area contributed by atoms with Crippen LogP contribution in [0.1, 0.15) is 54.1 Å². The first-order chi connectivity index (χ1) is 15.4. The molecule has 2 fully saturated rings. The minimum atomic E-state index is -3.60. The summed E-state index contributed by atoms with van der Waals surface area (Å²) < 4.78 is 27.7. The normalized spacial score (nSPS) is 19.6. The fourth-order valence-electron chi connectivity index (χ4n) is 4.27. The summed E-state index contributed by atoms with van der Waals surface area (Å²) in [5.74, 6) is 0.896. The van der Waals surface area contributed by atoms with Gasteiger partial charge in [0, 0.05) is 31.7 Å². The van der Waals surface area contributed by atoms with Crippen LogP contribution in [-0.2, 0) is 23.1 Å². The molecule has 172 valence electrons. The minimum Gasteiger partial charge on any atom is -0.348 e. The summed E-state index contributed by atoms with van der Waals surface area (Å²) in [7, 11) is -3.60. The minimum absolute atomic E-state index is 0.130. The smallest absolute Gasteiger partial charge is 0.251 e. The van der Waals surface area contributed by atoms with E-state index in [4.69, 9.17) is 0 Å². The van der Waals surface area contributed by atoms with E-state index in [0.29, 0.717) is 24.6 Å². The third-order valence-electron chi connectivity index (χ3n) is 6.36. The van der Waals surface area contributed by atoms with Gasteiger partial charge in [0.1, 0.15) is 0 Å². The lowest BCUT2D eigenvalue weighted by atomic mass is 9.99. The first-order valence-corrected chi connectivity index (χ1v) is 13.1. The molecule has 4 rings (SSSR count). The Morgan fingerprint density at radius 1 is 1.06 bits per heavy atom. The fourth-order valence-corrected chi connectivity index (χ4v) is 5.43. The van der Waals surface area contributed by atoms with E-state index < -0.39 is 10.0 Å². The zero-order valence-electron chi connectivity index (χ0n) is 18.7. The molecule has 0 aromatic heterocycles. The van der Waals surface area contributed by atoms with Crippen molar-refractivity contribution in [2.45, 2.75) is 50.6 Å². The van der Waals surface area contributed by atoms with Gasteiger partial charge in [0.15, 0.2) is 0 Å². The van der Waals surface area contributed by atoms with Crippen LogP contribution in [0, 0.1) is 11.8 Å². The van der Waals surface area contributed by atoms with Crippen LogP contribution >= 0.6 is 0 Å². The van der Waals surface area contributed by atoms with Crippen LogP contribution in [0.15, 0.2) is 53.4 Å². The van der Waals surface area contributed by atoms with E-state index in [1.165, 1.54) is 30.5 Å². The lowest BCUT2D eigenvalue weighted by molar-refractivity contribution is 0.0950. The summed E-state index contributed by atoms with van der Waals surface area (Å²) in [6.45, 7) is 6.28. The average molecular weight is 456 g/mol. The molecule has 1 saturated heterocycles. The van der Waals surface area contributed by atoms with Gasteiger partial charge in [0.2, 0.25) is 10.0 Å². The number of sulfonamides is 1. The second-order valence-electron chi connectivity index (χ2n) is 9.26. The Balaban J connectivity index is 1.39. The molecule has 7 heteroatoms. The maximum Gasteiger partial charge on any atom is 0.251 e. The van der Waals surface area contributed by atoms with Crippen LogP contribution in [-0.4, -0.2) is 38.9 Å². The number of hydrogen-bond donors (Lipinski definition) is 2. The highest BCUT2D eigenvalue weighted by Crippen LogP contribution is 2.28. The van der Waals surface area contributed by atoms with Crippen molar-refractivity contribution >= 4 is 15.9 Å². The molecular weight excluding hydrogens is 422 g/mol. The van der Waals surface area contributed by atoms with Gasteiger partial charge in [-0.3, -0.25) is 9.69 Å². The molecule has 1 heterocycles. The predicted molar refractivity (Wildman–Crippen MR) is 126 cm³/mol. The molecular formula is C25H33N3O3S. The summed E-state index contributed by atoms with van der Waals surface area (Å²) in [5, 5.41) is 2.97. The number of nitrogens with one attached hydrogen (secondary N) is 2. The summed E-state index contributed by atoms with van der Waals surface area (Å²) in [6, 6.07) is 14.4. The van der Waals surface area contributed by atoms with Crippen molar-refractivity contribution in [3.8, 4) is 0 Å². The highest BCUT2D eigenvalue weighted by Gasteiger charge is 2.24. The zero-order valence-corrected chi connectivity index (χ0v) is 19.5. The van der Waals surface area contributed by atoms with Crippen LogP contribution < -0.4 is 10.0 Å². The van der Waals surface area contributed by atoms with E-state index in [-0.39, 0.29) is 10.8 Å². The molecule has 0 radical (unpaired) electrons. The van der Waals surface area contributed by atoms with E-state index >= 15 is 0 Å². The van der Waals surface area contributed by atoms with Gasteiger partial charge in [-0.05, 0) is 73.4 Å². The van der Waals surface area contributed by atoms with Gasteiger partial charge in [-0.1, -0.05) is 37.3 Å². The second-order valence-corrected chi connectivity index (χ2v) is 11.0. The lowest BCUT2D eigenvalue weighted by Gasteiger charge is -2.31. The molecule has 2 aliphatic rings. The average Bonchev–Trinajstić information content (AvgIpc) is 3.62. The molecule has 2 aromatic carbocycles. The summed E-state index contributed by atoms with van der Waals surface area (Å²) in [4.78, 5) is 15.4. The van der Waals surface area contributed by atoms with Gasteiger partial charge in [0.05, 0.1) is 4.90 Å². The largest absolute Gasteiger partial charge is 0.348 e. The van der Waals surface area contributed by atoms with E-state index in [9.17, 15) is 13.2 Å². The van der Waals surface area contributed by atoms with Crippen LogP contribution in [0.2, 0.25) is 0 Å². The maximum absolute atomic E-state index is 12.8. The number of amides is 1. The molecule has 2 aromatic rings. The number of rotatable bonds is 9. The number of benzene rings is 2. The number of carbonyl (C=O) groups is 1. The highest BCUT2D eigenvalue weighted by molar-refractivity contribution is 7.89. The van der Waals surface area contributed by atoms with Crippen molar-refractivity contribution in [2.75, 3.05) is 19.6 Å². The Labute approximate surface area is 191 Å². The summed E-state index contributed by atoms with van der Waals surface area (Å²) >= 11 is 0. The number of piperidine rings is 1. The topological polar surface area (TPSA) is 78.5 Å². The van der Waals surface area contributed by atoms with Gasteiger partial charge in [-0.2, -0.15) is 0 Å². The van der Waals surface area contributed by atoms with Gasteiger partial charge in [0.25, 0.3) is 5.91 Å². The Hall–Kier alpha value is -2.22. The zero-order chi connectivity index (χ0) is 22.6. The van der Waals surface area contributed by atoms with E-state index in [1.54, 1.807) is 12.1 Å². The highest BCUT2D eigenvalue weighted by atomic mass is 32.2. The van der Waals surface area contributed by atoms with E-state index in [1.807, 2.05) is 18.2 Å². The van der Waals surface area contributed by atoms with Crippen LogP contribution in [0.25, 0.3) is 0 Å². The third-order valence-corrected chi connectivity index (χ3v) is 7.78. The lowest BCUT2D eigenvalue weighted by Crippen LogP contribution is -2.34. The predicted octanol–water partition coefficient (Wildman–Crippen LogP) is 3.54. The molecule has 1 amide bonds.